The smallest absolute Gasteiger partial charge is 0.0469 e. The van der Waals surface area contributed by atoms with Crippen molar-refractivity contribution in [1.82, 2.24) is 10.3 Å². The average molecular weight is 286 g/mol. The van der Waals surface area contributed by atoms with E-state index in [0.29, 0.717) is 5.92 Å². The Morgan fingerprint density at radius 1 is 1.29 bits per heavy atom. The van der Waals surface area contributed by atoms with Gasteiger partial charge in [-0.3, -0.25) is 0 Å². The van der Waals surface area contributed by atoms with Gasteiger partial charge in [0.15, 0.2) is 0 Å². The molecule has 1 aliphatic heterocycles. The number of benzene rings is 1. The van der Waals surface area contributed by atoms with E-state index >= 15 is 0 Å². The van der Waals surface area contributed by atoms with Gasteiger partial charge in [-0.05, 0) is 48.9 Å². The summed E-state index contributed by atoms with van der Waals surface area (Å²) in [4.78, 5) is 3.53. The van der Waals surface area contributed by atoms with Crippen molar-refractivity contribution in [2.24, 2.45) is 5.92 Å². The van der Waals surface area contributed by atoms with Crippen LogP contribution in [0.15, 0.2) is 24.3 Å². The van der Waals surface area contributed by atoms with Gasteiger partial charge in [0.2, 0.25) is 0 Å². The third-order valence-corrected chi connectivity index (χ3v) is 4.49. The van der Waals surface area contributed by atoms with E-state index in [9.17, 15) is 0 Å². The normalized spacial score (nSPS) is 16.9. The molecule has 3 nitrogen and oxygen atoms in total. The van der Waals surface area contributed by atoms with Gasteiger partial charge >= 0.3 is 0 Å². The molecular formula is C18H26N2O. The zero-order valence-corrected chi connectivity index (χ0v) is 13.1. The van der Waals surface area contributed by atoms with Crippen molar-refractivity contribution < 1.29 is 4.74 Å². The van der Waals surface area contributed by atoms with E-state index < -0.39 is 0 Å². The molecule has 2 aromatic rings. The second-order valence-electron chi connectivity index (χ2n) is 6.44. The molecule has 1 aromatic heterocycles. The fourth-order valence-corrected chi connectivity index (χ4v) is 3.07. The van der Waals surface area contributed by atoms with Crippen LogP contribution < -0.4 is 5.32 Å². The van der Waals surface area contributed by atoms with Gasteiger partial charge in [0.25, 0.3) is 0 Å². The van der Waals surface area contributed by atoms with Gasteiger partial charge in [-0.25, -0.2) is 0 Å². The van der Waals surface area contributed by atoms with E-state index in [1.807, 2.05) is 0 Å². The maximum Gasteiger partial charge on any atom is 0.0469 e. The minimum Gasteiger partial charge on any atom is -0.381 e. The number of nitrogens with one attached hydrogen (secondary N) is 2. The number of ether oxygens (including phenoxy) is 1. The first kappa shape index (κ1) is 14.6. The first-order valence-electron chi connectivity index (χ1n) is 8.13. The number of H-pyrrole nitrogens is 1. The second-order valence-corrected chi connectivity index (χ2v) is 6.44. The molecule has 3 rings (SSSR count). The van der Waals surface area contributed by atoms with Gasteiger partial charge < -0.3 is 15.0 Å². The Kier molecular flexibility index (Phi) is 4.61. The summed E-state index contributed by atoms with van der Waals surface area (Å²) >= 11 is 0. The van der Waals surface area contributed by atoms with E-state index in [1.54, 1.807) is 0 Å². The van der Waals surface area contributed by atoms with Crippen LogP contribution >= 0.6 is 0 Å². The van der Waals surface area contributed by atoms with Crippen molar-refractivity contribution in [2.75, 3.05) is 19.8 Å². The van der Waals surface area contributed by atoms with Gasteiger partial charge in [-0.15, -0.1) is 0 Å². The van der Waals surface area contributed by atoms with Gasteiger partial charge in [-0.1, -0.05) is 26.0 Å². The number of aromatic nitrogens is 1. The maximum atomic E-state index is 5.42. The van der Waals surface area contributed by atoms with E-state index in [1.165, 1.54) is 35.0 Å². The average Bonchev–Trinajstić information content (AvgIpc) is 2.94. The Hall–Kier alpha value is -1.32. The molecular weight excluding hydrogens is 260 g/mol. The minimum atomic E-state index is 0.542. The lowest BCUT2D eigenvalue weighted by molar-refractivity contribution is 0.0662. The fraction of sp³-hybridized carbons (Fsp3) is 0.556. The third kappa shape index (κ3) is 3.47. The summed E-state index contributed by atoms with van der Waals surface area (Å²) in [7, 11) is 0. The largest absolute Gasteiger partial charge is 0.381 e. The molecule has 3 heteroatoms. The molecule has 0 unspecified atom stereocenters. The molecule has 0 atom stereocenters. The summed E-state index contributed by atoms with van der Waals surface area (Å²) in [6.07, 6.45) is 2.39. The highest BCUT2D eigenvalue weighted by Crippen LogP contribution is 2.24. The SMILES string of the molecule is CC(C)c1cc2c(CNCC3CCOCC3)cccc2[nH]1. The van der Waals surface area contributed by atoms with Crippen LogP contribution in [0.5, 0.6) is 0 Å². The van der Waals surface area contributed by atoms with Crippen molar-refractivity contribution >= 4 is 10.9 Å². The summed E-state index contributed by atoms with van der Waals surface area (Å²) in [6.45, 7) is 8.36. The van der Waals surface area contributed by atoms with Crippen molar-refractivity contribution in [1.29, 1.82) is 0 Å². The minimum absolute atomic E-state index is 0.542. The summed E-state index contributed by atoms with van der Waals surface area (Å²) in [5.41, 5.74) is 3.97. The Morgan fingerprint density at radius 2 is 2.10 bits per heavy atom. The van der Waals surface area contributed by atoms with Crippen LogP contribution in [-0.4, -0.2) is 24.7 Å². The molecule has 1 aromatic carbocycles. The standard InChI is InChI=1S/C18H26N2O/c1-13(2)18-10-16-15(4-3-5-17(16)20-18)12-19-11-14-6-8-21-9-7-14/h3-5,10,13-14,19-20H,6-9,11-12H2,1-2H3. The number of aromatic amines is 1. The Labute approximate surface area is 127 Å². The van der Waals surface area contributed by atoms with Crippen LogP contribution in [0.1, 0.15) is 43.9 Å². The Bertz CT molecular complexity index is 582. The summed E-state index contributed by atoms with van der Waals surface area (Å²) in [5.74, 6) is 1.32. The monoisotopic (exact) mass is 286 g/mol. The summed E-state index contributed by atoms with van der Waals surface area (Å²) < 4.78 is 5.42. The lowest BCUT2D eigenvalue weighted by Gasteiger charge is -2.22. The van der Waals surface area contributed by atoms with Crippen molar-refractivity contribution in [3.8, 4) is 0 Å². The highest BCUT2D eigenvalue weighted by molar-refractivity contribution is 5.84. The molecule has 21 heavy (non-hydrogen) atoms. The topological polar surface area (TPSA) is 37.0 Å². The third-order valence-electron chi connectivity index (χ3n) is 4.49. The van der Waals surface area contributed by atoms with E-state index in [-0.39, 0.29) is 0 Å². The van der Waals surface area contributed by atoms with Gasteiger partial charge in [0.05, 0.1) is 0 Å². The van der Waals surface area contributed by atoms with Gasteiger partial charge in [0.1, 0.15) is 0 Å². The summed E-state index contributed by atoms with van der Waals surface area (Å²) in [6, 6.07) is 8.86. The second kappa shape index (κ2) is 6.63. The molecule has 0 radical (unpaired) electrons. The zero-order valence-electron chi connectivity index (χ0n) is 13.1. The maximum absolute atomic E-state index is 5.42. The number of hydrogen-bond donors (Lipinski definition) is 2. The number of rotatable bonds is 5. The van der Waals surface area contributed by atoms with E-state index in [0.717, 1.165) is 32.2 Å². The lowest BCUT2D eigenvalue weighted by Crippen LogP contribution is -2.27. The summed E-state index contributed by atoms with van der Waals surface area (Å²) in [5, 5.41) is 4.99. The van der Waals surface area contributed by atoms with E-state index in [4.69, 9.17) is 4.74 Å². The molecule has 0 saturated carbocycles. The fourth-order valence-electron chi connectivity index (χ4n) is 3.07. The quantitative estimate of drug-likeness (QED) is 0.877. The van der Waals surface area contributed by atoms with Crippen LogP contribution in [0, 0.1) is 5.92 Å². The molecule has 1 aliphatic rings. The molecule has 1 saturated heterocycles. The first-order chi connectivity index (χ1) is 10.2. The van der Waals surface area contributed by atoms with Crippen LogP contribution in [0.4, 0.5) is 0 Å². The molecule has 2 heterocycles. The van der Waals surface area contributed by atoms with Gasteiger partial charge in [0, 0.05) is 36.4 Å². The van der Waals surface area contributed by atoms with Crippen molar-refractivity contribution in [3.63, 3.8) is 0 Å². The Morgan fingerprint density at radius 3 is 2.86 bits per heavy atom. The van der Waals surface area contributed by atoms with Crippen LogP contribution in [0.2, 0.25) is 0 Å². The van der Waals surface area contributed by atoms with Gasteiger partial charge in [-0.2, -0.15) is 0 Å². The van der Waals surface area contributed by atoms with Crippen molar-refractivity contribution in [3.05, 3.63) is 35.5 Å². The van der Waals surface area contributed by atoms with Crippen LogP contribution in [0.25, 0.3) is 10.9 Å². The zero-order chi connectivity index (χ0) is 14.7. The number of hydrogen-bond acceptors (Lipinski definition) is 2. The molecule has 1 fully saturated rings. The van der Waals surface area contributed by atoms with Crippen molar-refractivity contribution in [2.45, 2.75) is 39.2 Å². The molecule has 0 aliphatic carbocycles. The highest BCUT2D eigenvalue weighted by atomic mass is 16.5. The molecule has 0 spiro atoms. The highest BCUT2D eigenvalue weighted by Gasteiger charge is 2.13. The predicted molar refractivity (Wildman–Crippen MR) is 87.6 cm³/mol. The van der Waals surface area contributed by atoms with Crippen LogP contribution in [0.3, 0.4) is 0 Å². The number of fused-ring (bicyclic) bond motifs is 1. The Balaban J connectivity index is 1.65. The molecule has 0 amide bonds. The molecule has 2 N–H and O–H groups in total. The molecule has 0 bridgehead atoms. The lowest BCUT2D eigenvalue weighted by atomic mass is 10.0. The first-order valence-corrected chi connectivity index (χ1v) is 8.13. The molecule has 114 valence electrons. The predicted octanol–water partition coefficient (Wildman–Crippen LogP) is 3.81. The van der Waals surface area contributed by atoms with E-state index in [2.05, 4.69) is 48.4 Å². The van der Waals surface area contributed by atoms with Crippen LogP contribution in [-0.2, 0) is 11.3 Å².